The van der Waals surface area contributed by atoms with Crippen molar-refractivity contribution in [2.75, 3.05) is 5.73 Å². The Labute approximate surface area is 201 Å². The number of nitrogens with two attached hydrogens (primary N) is 1. The first-order chi connectivity index (χ1) is 15.5. The quantitative estimate of drug-likeness (QED) is 0.302. The lowest BCUT2D eigenvalue weighted by molar-refractivity contribution is 0.443. The standard InChI is InChI=1S/C24H22ClN5S2/c1-14-19(29-23(32-14)16-8-10-17(25)11-9-16)13-31-24-18(12-26)20(15-6-4-3-5-7-15)21(28-2)22(27)30-24/h8-11,15H,3-7,13H2,1H3,(H2,27,30). The Kier molecular flexibility index (Phi) is 7.01. The third-order valence-corrected chi connectivity index (χ3v) is 8.07. The van der Waals surface area contributed by atoms with Gasteiger partial charge in [0.1, 0.15) is 21.9 Å². The van der Waals surface area contributed by atoms with Gasteiger partial charge in [-0.2, -0.15) is 5.26 Å². The lowest BCUT2D eigenvalue weighted by Crippen LogP contribution is -2.10. The molecule has 0 atom stereocenters. The minimum absolute atomic E-state index is 0.199. The fourth-order valence-electron chi connectivity index (χ4n) is 4.12. The smallest absolute Gasteiger partial charge is 0.232 e. The molecular formula is C24H22ClN5S2. The van der Waals surface area contributed by atoms with Crippen molar-refractivity contribution in [3.05, 3.63) is 62.4 Å². The van der Waals surface area contributed by atoms with Crippen LogP contribution in [0.25, 0.3) is 15.4 Å². The molecule has 1 aliphatic carbocycles. The van der Waals surface area contributed by atoms with Gasteiger partial charge in [-0.1, -0.05) is 54.8 Å². The summed E-state index contributed by atoms with van der Waals surface area (Å²) in [5, 5.41) is 12.2. The van der Waals surface area contributed by atoms with E-state index in [4.69, 9.17) is 28.9 Å². The van der Waals surface area contributed by atoms with Crippen LogP contribution in [-0.2, 0) is 5.75 Å². The van der Waals surface area contributed by atoms with E-state index in [1.807, 2.05) is 24.3 Å². The molecule has 0 saturated heterocycles. The lowest BCUT2D eigenvalue weighted by atomic mass is 9.82. The van der Waals surface area contributed by atoms with Gasteiger partial charge in [-0.25, -0.2) is 14.8 Å². The zero-order valence-electron chi connectivity index (χ0n) is 17.7. The summed E-state index contributed by atoms with van der Waals surface area (Å²) >= 11 is 9.11. The number of thiazole rings is 1. The summed E-state index contributed by atoms with van der Waals surface area (Å²) < 4.78 is 0. The molecule has 0 aliphatic heterocycles. The fourth-order valence-corrected chi connectivity index (χ4v) is 6.29. The maximum absolute atomic E-state index is 10.00. The van der Waals surface area contributed by atoms with Crippen LogP contribution in [0.2, 0.25) is 5.02 Å². The maximum atomic E-state index is 10.00. The van der Waals surface area contributed by atoms with Gasteiger partial charge in [-0.05, 0) is 43.4 Å². The van der Waals surface area contributed by atoms with Gasteiger partial charge >= 0.3 is 0 Å². The van der Waals surface area contributed by atoms with E-state index in [1.165, 1.54) is 18.2 Å². The summed E-state index contributed by atoms with van der Waals surface area (Å²) in [4.78, 5) is 14.0. The van der Waals surface area contributed by atoms with Gasteiger partial charge in [0.15, 0.2) is 0 Å². The number of halogens is 1. The third kappa shape index (κ3) is 4.61. The Morgan fingerprint density at radius 3 is 2.62 bits per heavy atom. The van der Waals surface area contributed by atoms with Crippen LogP contribution in [0.15, 0.2) is 29.3 Å². The number of anilines is 1. The predicted molar refractivity (Wildman–Crippen MR) is 132 cm³/mol. The van der Waals surface area contributed by atoms with Crippen molar-refractivity contribution in [2.45, 2.75) is 55.7 Å². The number of pyridine rings is 1. The van der Waals surface area contributed by atoms with Gasteiger partial charge in [-0.3, -0.25) is 0 Å². The number of benzene rings is 1. The molecule has 0 spiro atoms. The first-order valence-electron chi connectivity index (χ1n) is 10.5. The van der Waals surface area contributed by atoms with E-state index in [0.29, 0.717) is 27.1 Å². The summed E-state index contributed by atoms with van der Waals surface area (Å²) in [6.45, 7) is 9.67. The van der Waals surface area contributed by atoms with Crippen LogP contribution in [-0.4, -0.2) is 9.97 Å². The van der Waals surface area contributed by atoms with Crippen molar-refractivity contribution in [3.8, 4) is 16.6 Å². The number of aryl methyl sites for hydroxylation is 1. The van der Waals surface area contributed by atoms with Crippen molar-refractivity contribution in [1.29, 1.82) is 5.26 Å². The van der Waals surface area contributed by atoms with Crippen molar-refractivity contribution in [1.82, 2.24) is 9.97 Å². The molecule has 0 amide bonds. The molecule has 3 aromatic rings. The van der Waals surface area contributed by atoms with Crippen LogP contribution in [0.1, 0.15) is 59.7 Å². The normalized spacial score (nSPS) is 14.1. The highest BCUT2D eigenvalue weighted by Crippen LogP contribution is 2.44. The SMILES string of the molecule is [C-]#[N+]c1c(N)nc(SCc2nc(-c3ccc(Cl)cc3)sc2C)c(C#N)c1C1CCCCC1. The highest BCUT2D eigenvalue weighted by molar-refractivity contribution is 7.98. The largest absolute Gasteiger partial charge is 0.392 e. The Morgan fingerprint density at radius 1 is 1.25 bits per heavy atom. The summed E-state index contributed by atoms with van der Waals surface area (Å²) in [6.07, 6.45) is 5.40. The summed E-state index contributed by atoms with van der Waals surface area (Å²) in [5.41, 5.74) is 9.83. The molecule has 1 fully saturated rings. The molecule has 2 N–H and O–H groups in total. The fraction of sp³-hybridized carbons (Fsp3) is 0.333. The number of nitriles is 1. The van der Waals surface area contributed by atoms with Crippen molar-refractivity contribution in [2.24, 2.45) is 0 Å². The van der Waals surface area contributed by atoms with E-state index >= 15 is 0 Å². The van der Waals surface area contributed by atoms with Gasteiger partial charge in [0.25, 0.3) is 0 Å². The average molecular weight is 480 g/mol. The molecule has 1 aromatic carbocycles. The molecule has 8 heteroatoms. The Balaban J connectivity index is 1.64. The van der Waals surface area contributed by atoms with E-state index in [2.05, 4.69) is 22.8 Å². The number of thioether (sulfide) groups is 1. The van der Waals surface area contributed by atoms with Crippen LogP contribution in [0, 0.1) is 24.8 Å². The third-order valence-electron chi connectivity index (χ3n) is 5.77. The zero-order valence-corrected chi connectivity index (χ0v) is 20.1. The Hall–Kier alpha value is -2.58. The topological polar surface area (TPSA) is 79.9 Å². The minimum Gasteiger partial charge on any atom is -0.392 e. The van der Waals surface area contributed by atoms with Crippen molar-refractivity contribution < 1.29 is 0 Å². The van der Waals surface area contributed by atoms with Gasteiger partial charge in [-0.15, -0.1) is 11.3 Å². The van der Waals surface area contributed by atoms with Gasteiger partial charge in [0.05, 0.1) is 17.8 Å². The number of hydrogen-bond acceptors (Lipinski definition) is 6. The second kappa shape index (κ2) is 9.92. The predicted octanol–water partition coefficient (Wildman–Crippen LogP) is 7.51. The van der Waals surface area contributed by atoms with Crippen molar-refractivity contribution in [3.63, 3.8) is 0 Å². The molecule has 0 unspecified atom stereocenters. The van der Waals surface area contributed by atoms with Crippen LogP contribution >= 0.6 is 34.7 Å². The van der Waals surface area contributed by atoms with Crippen LogP contribution in [0.5, 0.6) is 0 Å². The molecule has 1 saturated carbocycles. The molecule has 32 heavy (non-hydrogen) atoms. The monoisotopic (exact) mass is 479 g/mol. The van der Waals surface area contributed by atoms with E-state index in [1.54, 1.807) is 11.3 Å². The Bertz CT molecular complexity index is 1220. The van der Waals surface area contributed by atoms with Gasteiger partial charge in [0.2, 0.25) is 5.69 Å². The average Bonchev–Trinajstić information content (AvgIpc) is 3.18. The lowest BCUT2D eigenvalue weighted by Gasteiger charge is -2.25. The highest BCUT2D eigenvalue weighted by atomic mass is 35.5. The number of rotatable bonds is 5. The molecule has 162 valence electrons. The van der Waals surface area contributed by atoms with Crippen LogP contribution in [0.4, 0.5) is 11.5 Å². The van der Waals surface area contributed by atoms with E-state index in [-0.39, 0.29) is 11.7 Å². The molecule has 2 aromatic heterocycles. The molecule has 0 radical (unpaired) electrons. The zero-order chi connectivity index (χ0) is 22.7. The number of aromatic nitrogens is 2. The molecule has 5 nitrogen and oxygen atoms in total. The second-order valence-corrected chi connectivity index (χ2v) is 10.4. The van der Waals surface area contributed by atoms with Gasteiger partial charge in [0, 0.05) is 21.2 Å². The van der Waals surface area contributed by atoms with Crippen molar-refractivity contribution >= 4 is 46.2 Å². The first kappa shape index (κ1) is 22.6. The van der Waals surface area contributed by atoms with E-state index in [9.17, 15) is 5.26 Å². The van der Waals surface area contributed by atoms with E-state index < -0.39 is 0 Å². The van der Waals surface area contributed by atoms with Crippen LogP contribution < -0.4 is 5.73 Å². The minimum atomic E-state index is 0.199. The molecule has 1 aliphatic rings. The molecule has 4 rings (SSSR count). The molecular weight excluding hydrogens is 458 g/mol. The van der Waals surface area contributed by atoms with E-state index in [0.717, 1.165) is 52.4 Å². The maximum Gasteiger partial charge on any atom is 0.232 e. The summed E-state index contributed by atoms with van der Waals surface area (Å²) in [6, 6.07) is 9.99. The molecule has 2 heterocycles. The van der Waals surface area contributed by atoms with Gasteiger partial charge < -0.3 is 5.73 Å². The summed E-state index contributed by atoms with van der Waals surface area (Å²) in [7, 11) is 0. The number of nitrogen functional groups attached to an aromatic ring is 1. The highest BCUT2D eigenvalue weighted by Gasteiger charge is 2.27. The summed E-state index contributed by atoms with van der Waals surface area (Å²) in [5.74, 6) is 1.00. The second-order valence-electron chi connectivity index (χ2n) is 7.82. The Morgan fingerprint density at radius 2 is 1.97 bits per heavy atom. The first-order valence-corrected chi connectivity index (χ1v) is 12.7. The number of hydrogen-bond donors (Lipinski definition) is 1. The van der Waals surface area contributed by atoms with Crippen LogP contribution in [0.3, 0.4) is 0 Å². The molecule has 0 bridgehead atoms. The number of nitrogens with zero attached hydrogens (tertiary/aromatic N) is 4.